The van der Waals surface area contributed by atoms with Gasteiger partial charge in [-0.25, -0.2) is 4.79 Å². The lowest BCUT2D eigenvalue weighted by Gasteiger charge is -2.19. The van der Waals surface area contributed by atoms with E-state index >= 15 is 0 Å². The van der Waals surface area contributed by atoms with Crippen LogP contribution in [0.4, 0.5) is 4.79 Å². The van der Waals surface area contributed by atoms with Gasteiger partial charge in [0.25, 0.3) is 0 Å². The van der Waals surface area contributed by atoms with Gasteiger partial charge in [0, 0.05) is 35.9 Å². The number of nitrogens with one attached hydrogen (secondary N) is 1. The van der Waals surface area contributed by atoms with Crippen molar-refractivity contribution >= 4 is 6.09 Å². The van der Waals surface area contributed by atoms with Crippen LogP contribution >= 0.6 is 0 Å². The van der Waals surface area contributed by atoms with Crippen molar-refractivity contribution in [2.45, 2.75) is 26.4 Å². The molecule has 0 saturated carbocycles. The van der Waals surface area contributed by atoms with Crippen molar-refractivity contribution in [2.75, 3.05) is 6.54 Å². The predicted molar refractivity (Wildman–Crippen MR) is 88.6 cm³/mol. The smallest absolute Gasteiger partial charge is 0.408 e. The molecule has 0 atom stereocenters. The average Bonchev–Trinajstić information content (AvgIpc) is 2.51. The number of hydrogen-bond donors (Lipinski definition) is 1. The molecule has 2 aromatic heterocycles. The molecule has 0 unspecified atom stereocenters. The summed E-state index contributed by atoms with van der Waals surface area (Å²) in [6.07, 6.45) is 6.43. The number of amides is 1. The summed E-state index contributed by atoms with van der Waals surface area (Å²) in [5.41, 5.74) is 2.19. The van der Waals surface area contributed by atoms with Gasteiger partial charge in [0.05, 0.1) is 12.1 Å². The Kier molecular flexibility index (Phi) is 5.32. The Morgan fingerprint density at radius 1 is 1.22 bits per heavy atom. The van der Waals surface area contributed by atoms with Gasteiger partial charge >= 0.3 is 6.09 Å². The Morgan fingerprint density at radius 3 is 2.70 bits per heavy atom. The van der Waals surface area contributed by atoms with E-state index in [-0.39, 0.29) is 6.54 Å². The van der Waals surface area contributed by atoms with Gasteiger partial charge < -0.3 is 10.1 Å². The van der Waals surface area contributed by atoms with Crippen LogP contribution in [0.1, 0.15) is 26.3 Å². The fraction of sp³-hybridized carbons (Fsp3) is 0.278. The minimum absolute atomic E-state index is 0.205. The third-order valence-corrected chi connectivity index (χ3v) is 2.74. The fourth-order valence-electron chi connectivity index (χ4n) is 1.84. The monoisotopic (exact) mass is 309 g/mol. The third-order valence-electron chi connectivity index (χ3n) is 2.74. The Bertz CT molecular complexity index is 725. The SMILES string of the molecule is CC(C)(C)OC(=O)NCC#Cc1cnccc1-c1cccnc1. The van der Waals surface area contributed by atoms with Crippen molar-refractivity contribution in [3.63, 3.8) is 0 Å². The van der Waals surface area contributed by atoms with Crippen molar-refractivity contribution in [2.24, 2.45) is 0 Å². The molecule has 0 bridgehead atoms. The molecule has 0 spiro atoms. The van der Waals surface area contributed by atoms with E-state index in [0.29, 0.717) is 0 Å². The number of ether oxygens (including phenoxy) is 1. The second kappa shape index (κ2) is 7.41. The summed E-state index contributed by atoms with van der Waals surface area (Å²) in [6.45, 7) is 5.65. The van der Waals surface area contributed by atoms with Gasteiger partial charge in [0.2, 0.25) is 0 Å². The molecule has 5 heteroatoms. The summed E-state index contributed by atoms with van der Waals surface area (Å²) in [6, 6.07) is 5.73. The van der Waals surface area contributed by atoms with Crippen LogP contribution in [0.15, 0.2) is 43.0 Å². The lowest BCUT2D eigenvalue weighted by atomic mass is 10.0. The quantitative estimate of drug-likeness (QED) is 0.866. The van der Waals surface area contributed by atoms with Crippen LogP contribution in [0.3, 0.4) is 0 Å². The van der Waals surface area contributed by atoms with E-state index < -0.39 is 11.7 Å². The molecule has 23 heavy (non-hydrogen) atoms. The topological polar surface area (TPSA) is 64.1 Å². The highest BCUT2D eigenvalue weighted by atomic mass is 16.6. The van der Waals surface area contributed by atoms with E-state index in [1.807, 2.05) is 39.0 Å². The molecule has 0 saturated heterocycles. The zero-order valence-electron chi connectivity index (χ0n) is 13.5. The minimum Gasteiger partial charge on any atom is -0.444 e. The van der Waals surface area contributed by atoms with Crippen LogP contribution in [0, 0.1) is 11.8 Å². The molecular weight excluding hydrogens is 290 g/mol. The predicted octanol–water partition coefficient (Wildman–Crippen LogP) is 3.02. The van der Waals surface area contributed by atoms with Gasteiger partial charge in [-0.15, -0.1) is 0 Å². The molecule has 0 fully saturated rings. The summed E-state index contributed by atoms with van der Waals surface area (Å²) >= 11 is 0. The van der Waals surface area contributed by atoms with Crippen molar-refractivity contribution in [1.29, 1.82) is 0 Å². The standard InChI is InChI=1S/C18H19N3O2/c1-18(2,3)23-17(22)21-10-5-7-15-13-20-11-8-16(15)14-6-4-9-19-12-14/h4,6,8-9,11-13H,10H2,1-3H3,(H,21,22). The van der Waals surface area contributed by atoms with Crippen LogP contribution in [0.2, 0.25) is 0 Å². The molecular formula is C18H19N3O2. The summed E-state index contributed by atoms with van der Waals surface area (Å²) in [7, 11) is 0. The van der Waals surface area contributed by atoms with Gasteiger partial charge in [-0.2, -0.15) is 0 Å². The second-order valence-electron chi connectivity index (χ2n) is 5.82. The molecule has 2 heterocycles. The number of rotatable bonds is 2. The number of aromatic nitrogens is 2. The Balaban J connectivity index is 2.04. The molecule has 0 aromatic carbocycles. The number of carbonyl (C=O) groups is 1. The Morgan fingerprint density at radius 2 is 2.00 bits per heavy atom. The van der Waals surface area contributed by atoms with E-state index in [4.69, 9.17) is 4.74 Å². The van der Waals surface area contributed by atoms with Gasteiger partial charge in [0.15, 0.2) is 0 Å². The minimum atomic E-state index is -0.520. The molecule has 118 valence electrons. The van der Waals surface area contributed by atoms with Crippen LogP contribution in [0.25, 0.3) is 11.1 Å². The van der Waals surface area contributed by atoms with Crippen LogP contribution in [-0.4, -0.2) is 28.2 Å². The summed E-state index contributed by atoms with van der Waals surface area (Å²) < 4.78 is 5.14. The lowest BCUT2D eigenvalue weighted by Crippen LogP contribution is -2.32. The largest absolute Gasteiger partial charge is 0.444 e. The Hall–Kier alpha value is -2.87. The molecule has 0 aliphatic heterocycles. The number of hydrogen-bond acceptors (Lipinski definition) is 4. The first-order chi connectivity index (χ1) is 11.0. The maximum atomic E-state index is 11.5. The zero-order chi connectivity index (χ0) is 16.7. The normalized spacial score (nSPS) is 10.4. The fourth-order valence-corrected chi connectivity index (χ4v) is 1.84. The van der Waals surface area contributed by atoms with E-state index in [0.717, 1.165) is 16.7 Å². The van der Waals surface area contributed by atoms with Gasteiger partial charge in [-0.3, -0.25) is 9.97 Å². The van der Waals surface area contributed by atoms with Crippen molar-refractivity contribution < 1.29 is 9.53 Å². The van der Waals surface area contributed by atoms with Gasteiger partial charge in [0.1, 0.15) is 5.60 Å². The van der Waals surface area contributed by atoms with Crippen molar-refractivity contribution in [3.05, 3.63) is 48.5 Å². The summed E-state index contributed by atoms with van der Waals surface area (Å²) in [5.74, 6) is 5.93. The molecule has 2 aromatic rings. The molecule has 0 aliphatic rings. The maximum absolute atomic E-state index is 11.5. The third kappa shape index (κ3) is 5.44. The molecule has 5 nitrogen and oxygen atoms in total. The van der Waals surface area contributed by atoms with E-state index in [1.165, 1.54) is 0 Å². The average molecular weight is 309 g/mol. The summed E-state index contributed by atoms with van der Waals surface area (Å²) in [5, 5.41) is 2.60. The number of alkyl carbamates (subject to hydrolysis) is 1. The van der Waals surface area contributed by atoms with Crippen molar-refractivity contribution in [3.8, 4) is 23.0 Å². The van der Waals surface area contributed by atoms with E-state index in [1.54, 1.807) is 24.8 Å². The van der Waals surface area contributed by atoms with Crippen LogP contribution < -0.4 is 5.32 Å². The molecule has 0 radical (unpaired) electrons. The van der Waals surface area contributed by atoms with E-state index in [2.05, 4.69) is 27.1 Å². The first-order valence-corrected chi connectivity index (χ1v) is 7.26. The number of carbonyl (C=O) groups excluding carboxylic acids is 1. The highest BCUT2D eigenvalue weighted by molar-refractivity contribution is 5.70. The number of nitrogens with zero attached hydrogens (tertiary/aromatic N) is 2. The maximum Gasteiger partial charge on any atom is 0.408 e. The van der Waals surface area contributed by atoms with Gasteiger partial charge in [-0.05, 0) is 32.9 Å². The van der Waals surface area contributed by atoms with Crippen molar-refractivity contribution in [1.82, 2.24) is 15.3 Å². The molecule has 0 aliphatic carbocycles. The highest BCUT2D eigenvalue weighted by Gasteiger charge is 2.15. The zero-order valence-corrected chi connectivity index (χ0v) is 13.5. The van der Waals surface area contributed by atoms with Gasteiger partial charge in [-0.1, -0.05) is 17.9 Å². The number of pyridine rings is 2. The lowest BCUT2D eigenvalue weighted by molar-refractivity contribution is 0.0535. The Labute approximate surface area is 136 Å². The van der Waals surface area contributed by atoms with Crippen LogP contribution in [-0.2, 0) is 4.74 Å². The van der Waals surface area contributed by atoms with Crippen LogP contribution in [0.5, 0.6) is 0 Å². The first kappa shape index (κ1) is 16.5. The highest BCUT2D eigenvalue weighted by Crippen LogP contribution is 2.20. The first-order valence-electron chi connectivity index (χ1n) is 7.26. The molecule has 1 N–H and O–H groups in total. The van der Waals surface area contributed by atoms with E-state index in [9.17, 15) is 4.79 Å². The molecule has 2 rings (SSSR count). The summed E-state index contributed by atoms with van der Waals surface area (Å²) in [4.78, 5) is 19.7. The molecule has 1 amide bonds. The second-order valence-corrected chi connectivity index (χ2v) is 5.82.